The molecule has 1 aliphatic heterocycles. The van der Waals surface area contributed by atoms with Crippen LogP contribution in [0.3, 0.4) is 0 Å². The van der Waals surface area contributed by atoms with Crippen molar-refractivity contribution in [3.63, 3.8) is 0 Å². The number of anilines is 1. The summed E-state index contributed by atoms with van der Waals surface area (Å²) in [4.78, 5) is 11.2. The minimum Gasteiger partial charge on any atom is -0.465 e. The van der Waals surface area contributed by atoms with Crippen molar-refractivity contribution in [2.24, 2.45) is 5.92 Å². The fourth-order valence-electron chi connectivity index (χ4n) is 2.18. The van der Waals surface area contributed by atoms with Gasteiger partial charge in [0.15, 0.2) is 11.6 Å². The molecule has 1 aromatic carbocycles. The Morgan fingerprint density at radius 3 is 2.90 bits per heavy atom. The van der Waals surface area contributed by atoms with E-state index in [1.807, 2.05) is 0 Å². The molecule has 4 nitrogen and oxygen atoms in total. The summed E-state index contributed by atoms with van der Waals surface area (Å²) in [6, 6.07) is 2.56. The molecule has 0 radical (unpaired) electrons. The van der Waals surface area contributed by atoms with Crippen molar-refractivity contribution in [1.82, 2.24) is 0 Å². The van der Waals surface area contributed by atoms with Crippen molar-refractivity contribution >= 4 is 11.7 Å². The van der Waals surface area contributed by atoms with Crippen molar-refractivity contribution < 1.29 is 23.0 Å². The average Bonchev–Trinajstić information content (AvgIpc) is 2.96. The van der Waals surface area contributed by atoms with E-state index >= 15 is 0 Å². The number of rotatable bonds is 5. The van der Waals surface area contributed by atoms with Crippen LogP contribution in [0.1, 0.15) is 23.2 Å². The molecule has 1 atom stereocenters. The van der Waals surface area contributed by atoms with Gasteiger partial charge in [0, 0.05) is 19.8 Å². The first kappa shape index (κ1) is 14.7. The largest absolute Gasteiger partial charge is 0.465 e. The van der Waals surface area contributed by atoms with Gasteiger partial charge in [0.1, 0.15) is 0 Å². The lowest BCUT2D eigenvalue weighted by molar-refractivity contribution is 0.0594. The maximum atomic E-state index is 13.8. The molecule has 1 fully saturated rings. The third kappa shape index (κ3) is 3.25. The van der Waals surface area contributed by atoms with E-state index in [1.165, 1.54) is 12.1 Å². The molecule has 2 rings (SSSR count). The number of carbonyl (C=O) groups is 1. The van der Waals surface area contributed by atoms with E-state index in [0.717, 1.165) is 33.2 Å². The Kier molecular flexibility index (Phi) is 4.89. The molecule has 1 aromatic rings. The molecular formula is C14H17F2NO3. The standard InChI is InChI=1S/C14H17F2NO3/c1-19-14(18)10-2-3-11(13(16)12(10)15)17-6-4-9-5-7-20-8-9/h2-3,9,17H,4-8H2,1H3. The van der Waals surface area contributed by atoms with Gasteiger partial charge in [-0.2, -0.15) is 0 Å². The van der Waals surface area contributed by atoms with Gasteiger partial charge in [-0.15, -0.1) is 0 Å². The van der Waals surface area contributed by atoms with Gasteiger partial charge in [-0.3, -0.25) is 0 Å². The van der Waals surface area contributed by atoms with E-state index < -0.39 is 23.2 Å². The minimum atomic E-state index is -1.19. The van der Waals surface area contributed by atoms with Crippen molar-refractivity contribution in [1.29, 1.82) is 0 Å². The lowest BCUT2D eigenvalue weighted by atomic mass is 10.1. The smallest absolute Gasteiger partial charge is 0.340 e. The van der Waals surface area contributed by atoms with Gasteiger partial charge < -0.3 is 14.8 Å². The summed E-state index contributed by atoms with van der Waals surface area (Å²) < 4.78 is 37.1. The summed E-state index contributed by atoms with van der Waals surface area (Å²) in [5, 5.41) is 2.84. The van der Waals surface area contributed by atoms with Crippen molar-refractivity contribution in [2.45, 2.75) is 12.8 Å². The summed E-state index contributed by atoms with van der Waals surface area (Å²) >= 11 is 0. The number of carbonyl (C=O) groups excluding carboxylic acids is 1. The van der Waals surface area contributed by atoms with Crippen LogP contribution in [-0.4, -0.2) is 32.8 Å². The normalized spacial score (nSPS) is 18.1. The minimum absolute atomic E-state index is 0.0501. The lowest BCUT2D eigenvalue weighted by Gasteiger charge is -2.12. The molecule has 0 spiro atoms. The van der Waals surface area contributed by atoms with Gasteiger partial charge in [-0.25, -0.2) is 13.6 Å². The van der Waals surface area contributed by atoms with Crippen LogP contribution < -0.4 is 5.32 Å². The van der Waals surface area contributed by atoms with E-state index in [1.54, 1.807) is 0 Å². The highest BCUT2D eigenvalue weighted by Crippen LogP contribution is 2.22. The average molecular weight is 285 g/mol. The molecular weight excluding hydrogens is 268 g/mol. The second kappa shape index (κ2) is 6.65. The van der Waals surface area contributed by atoms with Crippen LogP contribution in [0.4, 0.5) is 14.5 Å². The zero-order valence-corrected chi connectivity index (χ0v) is 11.2. The highest BCUT2D eigenvalue weighted by atomic mass is 19.2. The maximum Gasteiger partial charge on any atom is 0.340 e. The van der Waals surface area contributed by atoms with Crippen LogP contribution in [0.15, 0.2) is 12.1 Å². The molecule has 1 unspecified atom stereocenters. The lowest BCUT2D eigenvalue weighted by Crippen LogP contribution is -2.12. The van der Waals surface area contributed by atoms with E-state index in [4.69, 9.17) is 4.74 Å². The van der Waals surface area contributed by atoms with E-state index in [-0.39, 0.29) is 5.69 Å². The molecule has 0 aliphatic carbocycles. The SMILES string of the molecule is COC(=O)c1ccc(NCCC2CCOC2)c(F)c1F. The van der Waals surface area contributed by atoms with Gasteiger partial charge in [-0.05, 0) is 30.9 Å². The molecule has 20 heavy (non-hydrogen) atoms. The molecule has 1 saturated heterocycles. The van der Waals surface area contributed by atoms with Crippen molar-refractivity contribution in [3.8, 4) is 0 Å². The summed E-state index contributed by atoms with van der Waals surface area (Å²) in [5.74, 6) is -2.68. The van der Waals surface area contributed by atoms with E-state index in [0.29, 0.717) is 12.5 Å². The van der Waals surface area contributed by atoms with Crippen LogP contribution in [0.25, 0.3) is 0 Å². The number of hydrogen-bond donors (Lipinski definition) is 1. The van der Waals surface area contributed by atoms with Crippen LogP contribution in [0.5, 0.6) is 0 Å². The number of halogens is 2. The third-order valence-corrected chi connectivity index (χ3v) is 3.38. The van der Waals surface area contributed by atoms with Crippen molar-refractivity contribution in [3.05, 3.63) is 29.3 Å². The van der Waals surface area contributed by atoms with Gasteiger partial charge in [0.05, 0.1) is 18.4 Å². The fraction of sp³-hybridized carbons (Fsp3) is 0.500. The Hall–Kier alpha value is -1.69. The number of ether oxygens (including phenoxy) is 2. The van der Waals surface area contributed by atoms with Crippen LogP contribution in [0.2, 0.25) is 0 Å². The highest BCUT2D eigenvalue weighted by molar-refractivity contribution is 5.90. The third-order valence-electron chi connectivity index (χ3n) is 3.38. The number of nitrogens with one attached hydrogen (secondary N) is 1. The molecule has 0 aromatic heterocycles. The molecule has 1 N–H and O–H groups in total. The Labute approximate surface area is 116 Å². The number of methoxy groups -OCH3 is 1. The Balaban J connectivity index is 1.98. The quantitative estimate of drug-likeness (QED) is 0.845. The molecule has 1 aliphatic rings. The second-order valence-electron chi connectivity index (χ2n) is 4.73. The van der Waals surface area contributed by atoms with E-state index in [2.05, 4.69) is 10.1 Å². The molecule has 0 bridgehead atoms. The predicted molar refractivity (Wildman–Crippen MR) is 69.7 cm³/mol. The highest BCUT2D eigenvalue weighted by Gasteiger charge is 2.19. The first-order valence-corrected chi connectivity index (χ1v) is 6.51. The van der Waals surface area contributed by atoms with Crippen LogP contribution in [-0.2, 0) is 9.47 Å². The first-order chi connectivity index (χ1) is 9.63. The van der Waals surface area contributed by atoms with Crippen molar-refractivity contribution in [2.75, 3.05) is 32.2 Å². The zero-order valence-electron chi connectivity index (χ0n) is 11.2. The van der Waals surface area contributed by atoms with Gasteiger partial charge in [0.2, 0.25) is 0 Å². The molecule has 1 heterocycles. The predicted octanol–water partition coefficient (Wildman–Crippen LogP) is 2.59. The van der Waals surface area contributed by atoms with Crippen LogP contribution >= 0.6 is 0 Å². The van der Waals surface area contributed by atoms with Gasteiger partial charge in [0.25, 0.3) is 0 Å². The maximum absolute atomic E-state index is 13.8. The Bertz CT molecular complexity index is 488. The first-order valence-electron chi connectivity index (χ1n) is 6.51. The van der Waals surface area contributed by atoms with Gasteiger partial charge >= 0.3 is 5.97 Å². The number of benzene rings is 1. The Morgan fingerprint density at radius 1 is 1.45 bits per heavy atom. The molecule has 6 heteroatoms. The van der Waals surface area contributed by atoms with E-state index in [9.17, 15) is 13.6 Å². The summed E-state index contributed by atoms with van der Waals surface area (Å²) in [5.41, 5.74) is -0.353. The zero-order chi connectivity index (χ0) is 14.5. The molecule has 0 saturated carbocycles. The summed E-state index contributed by atoms with van der Waals surface area (Å²) in [6.45, 7) is 2.02. The van der Waals surface area contributed by atoms with Gasteiger partial charge in [-0.1, -0.05) is 0 Å². The monoisotopic (exact) mass is 285 g/mol. The second-order valence-corrected chi connectivity index (χ2v) is 4.73. The number of hydrogen-bond acceptors (Lipinski definition) is 4. The Morgan fingerprint density at radius 2 is 2.25 bits per heavy atom. The summed E-state index contributed by atoms with van der Waals surface area (Å²) in [7, 11) is 1.12. The van der Waals surface area contributed by atoms with Crippen LogP contribution in [0, 0.1) is 17.6 Å². The summed E-state index contributed by atoms with van der Waals surface area (Å²) in [6.07, 6.45) is 1.83. The molecule has 0 amide bonds. The molecule has 110 valence electrons. The fourth-order valence-corrected chi connectivity index (χ4v) is 2.18. The topological polar surface area (TPSA) is 47.6 Å². The number of esters is 1.